The van der Waals surface area contributed by atoms with Crippen molar-refractivity contribution in [2.24, 2.45) is 0 Å². The van der Waals surface area contributed by atoms with Gasteiger partial charge in [-0.05, 0) is 18.6 Å². The van der Waals surface area contributed by atoms with Crippen LogP contribution in [0.15, 0.2) is 24.4 Å². The molecule has 0 aliphatic carbocycles. The monoisotopic (exact) mass is 287 g/mol. The maximum absolute atomic E-state index is 10.5. The highest BCUT2D eigenvalue weighted by atomic mass is 16.5. The second-order valence-corrected chi connectivity index (χ2v) is 5.38. The number of ether oxygens (including phenoxy) is 1. The molecule has 21 heavy (non-hydrogen) atoms. The number of hydrogen-bond acceptors (Lipinski definition) is 4. The van der Waals surface area contributed by atoms with Crippen LogP contribution in [0.1, 0.15) is 23.2 Å². The summed E-state index contributed by atoms with van der Waals surface area (Å²) in [6.45, 7) is 2.69. The number of nitrogens with zero attached hydrogens (tertiary/aromatic N) is 3. The summed E-state index contributed by atoms with van der Waals surface area (Å²) < 4.78 is 7.61. The molecule has 2 aromatic rings. The molecule has 0 spiro atoms. The van der Waals surface area contributed by atoms with Crippen LogP contribution in [0.3, 0.4) is 0 Å². The van der Waals surface area contributed by atoms with Gasteiger partial charge >= 0.3 is 5.97 Å². The Balaban J connectivity index is 1.60. The molecule has 2 heterocycles. The molecule has 1 aliphatic rings. The smallest absolute Gasteiger partial charge is 0.303 e. The maximum Gasteiger partial charge on any atom is 0.303 e. The van der Waals surface area contributed by atoms with Crippen LogP contribution in [0.5, 0.6) is 5.75 Å². The first-order chi connectivity index (χ1) is 10.1. The van der Waals surface area contributed by atoms with Crippen molar-refractivity contribution in [3.8, 4) is 5.75 Å². The summed E-state index contributed by atoms with van der Waals surface area (Å²) in [5.74, 6) is 0.117. The average molecular weight is 287 g/mol. The van der Waals surface area contributed by atoms with Gasteiger partial charge in [-0.2, -0.15) is 0 Å². The van der Waals surface area contributed by atoms with Gasteiger partial charge in [0.15, 0.2) is 0 Å². The molecule has 6 heteroatoms. The minimum atomic E-state index is -0.825. The lowest BCUT2D eigenvalue weighted by atomic mass is 10.1. The first-order valence-electron chi connectivity index (χ1n) is 6.97. The summed E-state index contributed by atoms with van der Waals surface area (Å²) in [7, 11) is 0. The Kier molecular flexibility index (Phi) is 3.60. The SMILES string of the molecule is Cc1ccc2c(c1)CC(Cn1cc(CCC(=O)O)nn1)O2. The number of benzene rings is 1. The molecule has 110 valence electrons. The van der Waals surface area contributed by atoms with Crippen LogP contribution in [0.4, 0.5) is 0 Å². The fourth-order valence-electron chi connectivity index (χ4n) is 2.54. The minimum Gasteiger partial charge on any atom is -0.488 e. The molecule has 0 saturated heterocycles. The highest BCUT2D eigenvalue weighted by Gasteiger charge is 2.23. The van der Waals surface area contributed by atoms with Crippen molar-refractivity contribution < 1.29 is 14.6 Å². The van der Waals surface area contributed by atoms with E-state index in [9.17, 15) is 4.79 Å². The lowest BCUT2D eigenvalue weighted by Gasteiger charge is -2.09. The molecule has 0 bridgehead atoms. The third-order valence-electron chi connectivity index (χ3n) is 3.53. The lowest BCUT2D eigenvalue weighted by molar-refractivity contribution is -0.136. The van der Waals surface area contributed by atoms with Gasteiger partial charge < -0.3 is 9.84 Å². The van der Waals surface area contributed by atoms with Crippen molar-refractivity contribution in [3.63, 3.8) is 0 Å². The van der Waals surface area contributed by atoms with Crippen LogP contribution in [0.2, 0.25) is 0 Å². The zero-order valence-electron chi connectivity index (χ0n) is 11.8. The van der Waals surface area contributed by atoms with Gasteiger partial charge in [0.2, 0.25) is 0 Å². The fraction of sp³-hybridized carbons (Fsp3) is 0.400. The molecular weight excluding hydrogens is 270 g/mol. The molecule has 1 aromatic heterocycles. The quantitative estimate of drug-likeness (QED) is 0.904. The number of aryl methyl sites for hydroxylation is 2. The van der Waals surface area contributed by atoms with Crippen molar-refractivity contribution in [1.82, 2.24) is 15.0 Å². The summed E-state index contributed by atoms with van der Waals surface area (Å²) in [5, 5.41) is 16.7. The molecule has 1 atom stereocenters. The normalized spacial score (nSPS) is 16.5. The van der Waals surface area contributed by atoms with Gasteiger partial charge in [-0.25, -0.2) is 4.68 Å². The van der Waals surface area contributed by atoms with Crippen LogP contribution in [-0.4, -0.2) is 32.2 Å². The van der Waals surface area contributed by atoms with E-state index in [1.807, 2.05) is 12.1 Å². The number of carbonyl (C=O) groups is 1. The second kappa shape index (κ2) is 5.55. The summed E-state index contributed by atoms with van der Waals surface area (Å²) in [6.07, 6.45) is 3.18. The molecule has 1 unspecified atom stereocenters. The van der Waals surface area contributed by atoms with E-state index in [1.165, 1.54) is 11.1 Å². The molecular formula is C15H17N3O3. The van der Waals surface area contributed by atoms with E-state index >= 15 is 0 Å². The van der Waals surface area contributed by atoms with Gasteiger partial charge in [0.05, 0.1) is 18.7 Å². The van der Waals surface area contributed by atoms with E-state index in [-0.39, 0.29) is 12.5 Å². The molecule has 6 nitrogen and oxygen atoms in total. The topological polar surface area (TPSA) is 77.2 Å². The van der Waals surface area contributed by atoms with Crippen LogP contribution in [0, 0.1) is 6.92 Å². The number of aliphatic carboxylic acids is 1. The Bertz CT molecular complexity index is 666. The molecule has 0 fully saturated rings. The number of rotatable bonds is 5. The summed E-state index contributed by atoms with van der Waals surface area (Å²) in [5.41, 5.74) is 3.16. The van der Waals surface area contributed by atoms with E-state index in [0.717, 1.165) is 12.2 Å². The van der Waals surface area contributed by atoms with Gasteiger partial charge in [-0.3, -0.25) is 4.79 Å². The second-order valence-electron chi connectivity index (χ2n) is 5.38. The molecule has 0 amide bonds. The zero-order chi connectivity index (χ0) is 14.8. The lowest BCUT2D eigenvalue weighted by Crippen LogP contribution is -2.21. The van der Waals surface area contributed by atoms with Gasteiger partial charge in [0, 0.05) is 19.0 Å². The molecule has 1 aromatic carbocycles. The Morgan fingerprint density at radius 2 is 2.38 bits per heavy atom. The van der Waals surface area contributed by atoms with E-state index in [1.54, 1.807) is 10.9 Å². The maximum atomic E-state index is 10.5. The number of fused-ring (bicyclic) bond motifs is 1. The van der Waals surface area contributed by atoms with Crippen LogP contribution < -0.4 is 4.74 Å². The molecule has 3 rings (SSSR count). The van der Waals surface area contributed by atoms with Crippen LogP contribution in [0.25, 0.3) is 0 Å². The molecule has 0 saturated carbocycles. The largest absolute Gasteiger partial charge is 0.488 e. The van der Waals surface area contributed by atoms with Crippen molar-refractivity contribution >= 4 is 5.97 Å². The summed E-state index contributed by atoms with van der Waals surface area (Å²) in [4.78, 5) is 10.5. The number of aromatic nitrogens is 3. The fourth-order valence-corrected chi connectivity index (χ4v) is 2.54. The Morgan fingerprint density at radius 1 is 1.52 bits per heavy atom. The highest BCUT2D eigenvalue weighted by molar-refractivity contribution is 5.66. The third kappa shape index (κ3) is 3.21. The van der Waals surface area contributed by atoms with Crippen molar-refractivity contribution in [3.05, 3.63) is 41.2 Å². The van der Waals surface area contributed by atoms with E-state index in [4.69, 9.17) is 9.84 Å². The highest BCUT2D eigenvalue weighted by Crippen LogP contribution is 2.29. The average Bonchev–Trinajstić information content (AvgIpc) is 3.02. The van der Waals surface area contributed by atoms with E-state index < -0.39 is 5.97 Å². The zero-order valence-corrected chi connectivity index (χ0v) is 11.8. The summed E-state index contributed by atoms with van der Waals surface area (Å²) in [6, 6.07) is 6.19. The van der Waals surface area contributed by atoms with Gasteiger partial charge in [0.1, 0.15) is 11.9 Å². The Hall–Kier alpha value is -2.37. The predicted octanol–water partition coefficient (Wildman–Crippen LogP) is 1.61. The van der Waals surface area contributed by atoms with E-state index in [2.05, 4.69) is 23.3 Å². The number of hydrogen-bond donors (Lipinski definition) is 1. The number of carboxylic acids is 1. The predicted molar refractivity (Wildman–Crippen MR) is 75.3 cm³/mol. The molecule has 1 aliphatic heterocycles. The standard InChI is InChI=1S/C15H17N3O3/c1-10-2-4-14-11(6-10)7-13(21-14)9-18-8-12(16-17-18)3-5-15(19)20/h2,4,6,8,13H,3,5,7,9H2,1H3,(H,19,20). The third-order valence-corrected chi connectivity index (χ3v) is 3.53. The minimum absolute atomic E-state index is 0.0517. The van der Waals surface area contributed by atoms with Crippen molar-refractivity contribution in [1.29, 1.82) is 0 Å². The molecule has 1 N–H and O–H groups in total. The Labute approximate surface area is 122 Å². The van der Waals surface area contributed by atoms with Gasteiger partial charge in [-0.1, -0.05) is 22.9 Å². The van der Waals surface area contributed by atoms with E-state index in [0.29, 0.717) is 18.7 Å². The van der Waals surface area contributed by atoms with Crippen molar-refractivity contribution in [2.45, 2.75) is 38.8 Å². The van der Waals surface area contributed by atoms with Crippen LogP contribution >= 0.6 is 0 Å². The van der Waals surface area contributed by atoms with Gasteiger partial charge in [0.25, 0.3) is 0 Å². The molecule has 0 radical (unpaired) electrons. The number of carboxylic acid groups (broad SMARTS) is 1. The summed E-state index contributed by atoms with van der Waals surface area (Å²) >= 11 is 0. The first-order valence-corrected chi connectivity index (χ1v) is 6.97. The van der Waals surface area contributed by atoms with Crippen molar-refractivity contribution in [2.75, 3.05) is 0 Å². The van der Waals surface area contributed by atoms with Crippen LogP contribution in [-0.2, 0) is 24.2 Å². The van der Waals surface area contributed by atoms with Gasteiger partial charge in [-0.15, -0.1) is 5.10 Å². The first kappa shape index (κ1) is 13.6. The Morgan fingerprint density at radius 3 is 3.19 bits per heavy atom.